The van der Waals surface area contributed by atoms with E-state index in [-0.39, 0.29) is 11.3 Å². The molecule has 2 heterocycles. The van der Waals surface area contributed by atoms with Crippen molar-refractivity contribution in [2.75, 3.05) is 12.8 Å². The second-order valence-electron chi connectivity index (χ2n) is 5.27. The van der Waals surface area contributed by atoms with Crippen LogP contribution >= 0.6 is 0 Å². The van der Waals surface area contributed by atoms with Crippen molar-refractivity contribution in [3.8, 4) is 0 Å². The SMILES string of the molecule is CNC(Cc1ncccc1C)C1CCCCS1(=O)=O. The molecule has 1 aromatic rings. The van der Waals surface area contributed by atoms with Crippen LogP contribution in [-0.2, 0) is 16.3 Å². The van der Waals surface area contributed by atoms with Gasteiger partial charge in [-0.25, -0.2) is 8.42 Å². The zero-order chi connectivity index (χ0) is 13.9. The Balaban J connectivity index is 2.18. The highest BCUT2D eigenvalue weighted by Gasteiger charge is 2.35. The predicted octanol–water partition coefficient (Wildman–Crippen LogP) is 1.49. The van der Waals surface area contributed by atoms with Crippen molar-refractivity contribution in [2.24, 2.45) is 0 Å². The van der Waals surface area contributed by atoms with Gasteiger partial charge in [-0.1, -0.05) is 12.5 Å². The van der Waals surface area contributed by atoms with Gasteiger partial charge in [-0.05, 0) is 38.4 Å². The molecule has 0 bridgehead atoms. The van der Waals surface area contributed by atoms with Crippen LogP contribution in [0.3, 0.4) is 0 Å². The van der Waals surface area contributed by atoms with Crippen LogP contribution < -0.4 is 5.32 Å². The molecule has 1 aromatic heterocycles. The lowest BCUT2D eigenvalue weighted by molar-refractivity contribution is 0.453. The van der Waals surface area contributed by atoms with Gasteiger partial charge in [0.15, 0.2) is 9.84 Å². The van der Waals surface area contributed by atoms with Crippen LogP contribution in [0.25, 0.3) is 0 Å². The highest BCUT2D eigenvalue weighted by molar-refractivity contribution is 7.92. The quantitative estimate of drug-likeness (QED) is 0.909. The van der Waals surface area contributed by atoms with E-state index in [2.05, 4.69) is 10.3 Å². The first-order valence-electron chi connectivity index (χ1n) is 6.84. The van der Waals surface area contributed by atoms with E-state index < -0.39 is 9.84 Å². The van der Waals surface area contributed by atoms with Gasteiger partial charge in [-0.2, -0.15) is 0 Å². The first-order chi connectivity index (χ1) is 9.04. The number of hydrogen-bond acceptors (Lipinski definition) is 4. The summed E-state index contributed by atoms with van der Waals surface area (Å²) in [6.45, 7) is 2.02. The monoisotopic (exact) mass is 282 g/mol. The second kappa shape index (κ2) is 6.01. The molecule has 0 spiro atoms. The molecule has 1 aliphatic heterocycles. The lowest BCUT2D eigenvalue weighted by atomic mass is 10.0. The van der Waals surface area contributed by atoms with Crippen molar-refractivity contribution in [3.63, 3.8) is 0 Å². The van der Waals surface area contributed by atoms with Crippen LogP contribution in [0.2, 0.25) is 0 Å². The first-order valence-corrected chi connectivity index (χ1v) is 8.55. The zero-order valence-electron chi connectivity index (χ0n) is 11.6. The van der Waals surface area contributed by atoms with E-state index >= 15 is 0 Å². The second-order valence-corrected chi connectivity index (χ2v) is 7.61. The summed E-state index contributed by atoms with van der Waals surface area (Å²) in [6.07, 6.45) is 5.01. The number of aromatic nitrogens is 1. The van der Waals surface area contributed by atoms with Gasteiger partial charge in [0.05, 0.1) is 11.0 Å². The molecule has 0 saturated carbocycles. The van der Waals surface area contributed by atoms with Gasteiger partial charge in [0.2, 0.25) is 0 Å². The van der Waals surface area contributed by atoms with Crippen molar-refractivity contribution >= 4 is 9.84 Å². The molecule has 0 amide bonds. The highest BCUT2D eigenvalue weighted by Crippen LogP contribution is 2.24. The summed E-state index contributed by atoms with van der Waals surface area (Å²) in [7, 11) is -1.12. The lowest BCUT2D eigenvalue weighted by Gasteiger charge is -2.30. The number of likely N-dealkylation sites (N-methyl/N-ethyl adjacent to an activating group) is 1. The van der Waals surface area contributed by atoms with E-state index in [1.807, 2.05) is 26.1 Å². The number of sulfone groups is 1. The molecule has 2 rings (SSSR count). The fourth-order valence-corrected chi connectivity index (χ4v) is 4.96. The Hall–Kier alpha value is -0.940. The topological polar surface area (TPSA) is 59.1 Å². The number of nitrogens with one attached hydrogen (secondary N) is 1. The van der Waals surface area contributed by atoms with Gasteiger partial charge >= 0.3 is 0 Å². The summed E-state index contributed by atoms with van der Waals surface area (Å²) < 4.78 is 24.4. The molecule has 0 radical (unpaired) electrons. The van der Waals surface area contributed by atoms with E-state index in [4.69, 9.17) is 0 Å². The molecule has 2 atom stereocenters. The summed E-state index contributed by atoms with van der Waals surface area (Å²) in [4.78, 5) is 4.37. The third-order valence-electron chi connectivity index (χ3n) is 3.98. The van der Waals surface area contributed by atoms with Gasteiger partial charge in [0.1, 0.15) is 0 Å². The fraction of sp³-hybridized carbons (Fsp3) is 0.643. The van der Waals surface area contributed by atoms with Crippen molar-refractivity contribution in [1.82, 2.24) is 10.3 Å². The third-order valence-corrected chi connectivity index (χ3v) is 6.32. The molecule has 4 nitrogen and oxygen atoms in total. The smallest absolute Gasteiger partial charge is 0.154 e. The van der Waals surface area contributed by atoms with E-state index in [1.54, 1.807) is 6.20 Å². The average molecular weight is 282 g/mol. The Morgan fingerprint density at radius 2 is 2.26 bits per heavy atom. The number of pyridine rings is 1. The van der Waals surface area contributed by atoms with Crippen LogP contribution in [0.1, 0.15) is 30.5 Å². The predicted molar refractivity (Wildman–Crippen MR) is 77.0 cm³/mol. The molecular weight excluding hydrogens is 260 g/mol. The largest absolute Gasteiger partial charge is 0.315 e. The maximum Gasteiger partial charge on any atom is 0.154 e. The number of hydrogen-bond donors (Lipinski definition) is 1. The molecule has 19 heavy (non-hydrogen) atoms. The summed E-state index contributed by atoms with van der Waals surface area (Å²) in [6, 6.07) is 3.88. The Labute approximate surface area is 115 Å². The Morgan fingerprint density at radius 1 is 1.47 bits per heavy atom. The Bertz CT molecular complexity index is 528. The van der Waals surface area contributed by atoms with Crippen LogP contribution in [0.5, 0.6) is 0 Å². The Morgan fingerprint density at radius 3 is 2.89 bits per heavy atom. The van der Waals surface area contributed by atoms with Gasteiger partial charge in [0, 0.05) is 24.4 Å². The maximum absolute atomic E-state index is 12.2. The van der Waals surface area contributed by atoms with Gasteiger partial charge in [-0.3, -0.25) is 4.98 Å². The molecule has 0 aliphatic carbocycles. The van der Waals surface area contributed by atoms with Gasteiger partial charge < -0.3 is 5.32 Å². The fourth-order valence-electron chi connectivity index (χ4n) is 2.79. The molecule has 0 aromatic carbocycles. The van der Waals surface area contributed by atoms with Crippen LogP contribution in [0.15, 0.2) is 18.3 Å². The maximum atomic E-state index is 12.2. The molecule has 1 aliphatic rings. The van der Waals surface area contributed by atoms with E-state index in [0.29, 0.717) is 12.2 Å². The number of rotatable bonds is 4. The van der Waals surface area contributed by atoms with Crippen LogP contribution in [-0.4, -0.2) is 37.5 Å². The molecule has 106 valence electrons. The standard InChI is InChI=1S/C14H22N2O2S/c1-11-6-5-8-16-12(11)10-13(15-2)14-7-3-4-9-19(14,17)18/h5-6,8,13-15H,3-4,7,9-10H2,1-2H3. The summed E-state index contributed by atoms with van der Waals surface area (Å²) in [5.74, 6) is 0.330. The van der Waals surface area contributed by atoms with E-state index in [0.717, 1.165) is 30.5 Å². The minimum atomic E-state index is -2.96. The summed E-state index contributed by atoms with van der Waals surface area (Å²) >= 11 is 0. The van der Waals surface area contributed by atoms with Gasteiger partial charge in [-0.15, -0.1) is 0 Å². The molecule has 2 unspecified atom stereocenters. The first kappa shape index (κ1) is 14.5. The van der Waals surface area contributed by atoms with E-state index in [9.17, 15) is 8.42 Å². The summed E-state index contributed by atoms with van der Waals surface area (Å²) in [5, 5.41) is 2.91. The minimum absolute atomic E-state index is 0.0427. The minimum Gasteiger partial charge on any atom is -0.315 e. The highest BCUT2D eigenvalue weighted by atomic mass is 32.2. The molecule has 1 fully saturated rings. The van der Waals surface area contributed by atoms with Crippen molar-refractivity contribution in [1.29, 1.82) is 0 Å². The average Bonchev–Trinajstić information content (AvgIpc) is 2.38. The summed E-state index contributed by atoms with van der Waals surface area (Å²) in [5.41, 5.74) is 2.11. The zero-order valence-corrected chi connectivity index (χ0v) is 12.4. The molecular formula is C14H22N2O2S. The molecule has 5 heteroatoms. The number of aryl methyl sites for hydroxylation is 1. The van der Waals surface area contributed by atoms with Crippen molar-refractivity contribution in [2.45, 2.75) is 43.9 Å². The van der Waals surface area contributed by atoms with Crippen LogP contribution in [0.4, 0.5) is 0 Å². The molecule has 1 N–H and O–H groups in total. The van der Waals surface area contributed by atoms with Gasteiger partial charge in [0.25, 0.3) is 0 Å². The number of nitrogens with zero attached hydrogens (tertiary/aromatic N) is 1. The van der Waals surface area contributed by atoms with Crippen molar-refractivity contribution in [3.05, 3.63) is 29.6 Å². The lowest BCUT2D eigenvalue weighted by Crippen LogP contribution is -2.46. The third kappa shape index (κ3) is 3.34. The normalized spacial score (nSPS) is 24.0. The Kier molecular flexibility index (Phi) is 4.58. The molecule has 1 saturated heterocycles. The van der Waals surface area contributed by atoms with Crippen molar-refractivity contribution < 1.29 is 8.42 Å². The van der Waals surface area contributed by atoms with E-state index in [1.165, 1.54) is 0 Å². The van der Waals surface area contributed by atoms with Crippen LogP contribution in [0, 0.1) is 6.92 Å².